The standard InChI is InChI=1S/C12H17ClO2S/c1-9(2)12(8-16(13,14)15)11-6-4-5-10(3)7-11/h4-7,9,12H,8H2,1-3H3. The van der Waals surface area contributed by atoms with E-state index in [0.717, 1.165) is 11.1 Å². The van der Waals surface area contributed by atoms with E-state index in [4.69, 9.17) is 10.7 Å². The van der Waals surface area contributed by atoms with Gasteiger partial charge in [0.1, 0.15) is 0 Å². The van der Waals surface area contributed by atoms with Crippen molar-refractivity contribution in [3.05, 3.63) is 35.4 Å². The average molecular weight is 261 g/mol. The minimum absolute atomic E-state index is 0.00429. The first-order valence-electron chi connectivity index (χ1n) is 5.28. The van der Waals surface area contributed by atoms with Crippen LogP contribution in [0.5, 0.6) is 0 Å². The smallest absolute Gasteiger partial charge is 0.212 e. The van der Waals surface area contributed by atoms with Gasteiger partial charge in [0.2, 0.25) is 9.05 Å². The fourth-order valence-corrected chi connectivity index (χ4v) is 3.20. The maximum Gasteiger partial charge on any atom is 0.233 e. The molecular weight excluding hydrogens is 244 g/mol. The van der Waals surface area contributed by atoms with Crippen LogP contribution in [0.15, 0.2) is 24.3 Å². The molecule has 0 aliphatic rings. The van der Waals surface area contributed by atoms with Crippen molar-refractivity contribution in [2.75, 3.05) is 5.75 Å². The lowest BCUT2D eigenvalue weighted by molar-refractivity contribution is 0.525. The molecule has 0 N–H and O–H groups in total. The second-order valence-corrected chi connectivity index (χ2v) is 7.29. The highest BCUT2D eigenvalue weighted by Gasteiger charge is 2.22. The highest BCUT2D eigenvalue weighted by Crippen LogP contribution is 2.27. The van der Waals surface area contributed by atoms with E-state index in [9.17, 15) is 8.42 Å². The molecule has 4 heteroatoms. The molecule has 1 aromatic carbocycles. The third-order valence-electron chi connectivity index (χ3n) is 2.65. The lowest BCUT2D eigenvalue weighted by atomic mass is 9.89. The second kappa shape index (κ2) is 5.19. The fourth-order valence-electron chi connectivity index (χ4n) is 1.79. The van der Waals surface area contributed by atoms with Gasteiger partial charge in [-0.05, 0) is 18.4 Å². The summed E-state index contributed by atoms with van der Waals surface area (Å²) in [6.45, 7) is 6.01. The van der Waals surface area contributed by atoms with Gasteiger partial charge in [0.25, 0.3) is 0 Å². The Morgan fingerprint density at radius 1 is 1.31 bits per heavy atom. The van der Waals surface area contributed by atoms with Gasteiger partial charge in [0, 0.05) is 16.6 Å². The summed E-state index contributed by atoms with van der Waals surface area (Å²) in [5.41, 5.74) is 2.18. The van der Waals surface area contributed by atoms with E-state index in [1.54, 1.807) is 0 Å². The van der Waals surface area contributed by atoms with Crippen LogP contribution in [0.1, 0.15) is 30.9 Å². The molecule has 0 bridgehead atoms. The molecular formula is C12H17ClO2S. The molecule has 16 heavy (non-hydrogen) atoms. The van der Waals surface area contributed by atoms with Crippen LogP contribution in [0, 0.1) is 12.8 Å². The monoisotopic (exact) mass is 260 g/mol. The van der Waals surface area contributed by atoms with Crippen molar-refractivity contribution in [3.8, 4) is 0 Å². The van der Waals surface area contributed by atoms with Crippen LogP contribution in [0.3, 0.4) is 0 Å². The summed E-state index contributed by atoms with van der Waals surface area (Å²) in [5.74, 6) is 0.202. The number of rotatable bonds is 4. The minimum atomic E-state index is -3.46. The molecule has 0 aromatic heterocycles. The Morgan fingerprint density at radius 3 is 2.38 bits per heavy atom. The van der Waals surface area contributed by atoms with Crippen molar-refractivity contribution in [2.24, 2.45) is 5.92 Å². The zero-order valence-corrected chi connectivity index (χ0v) is 11.3. The number of hydrogen-bond acceptors (Lipinski definition) is 2. The van der Waals surface area contributed by atoms with Crippen LogP contribution in [0.2, 0.25) is 0 Å². The first-order chi connectivity index (χ1) is 7.29. The molecule has 0 saturated heterocycles. The van der Waals surface area contributed by atoms with Crippen LogP contribution in [0.25, 0.3) is 0 Å². The van der Waals surface area contributed by atoms with Crippen molar-refractivity contribution >= 4 is 19.7 Å². The Morgan fingerprint density at radius 2 is 1.94 bits per heavy atom. The van der Waals surface area contributed by atoms with E-state index < -0.39 is 9.05 Å². The highest BCUT2D eigenvalue weighted by molar-refractivity contribution is 8.13. The molecule has 90 valence electrons. The first kappa shape index (κ1) is 13.5. The molecule has 0 radical (unpaired) electrons. The van der Waals surface area contributed by atoms with E-state index in [-0.39, 0.29) is 17.6 Å². The van der Waals surface area contributed by atoms with Gasteiger partial charge >= 0.3 is 0 Å². The topological polar surface area (TPSA) is 34.1 Å². The highest BCUT2D eigenvalue weighted by atomic mass is 35.7. The molecule has 0 heterocycles. The zero-order valence-electron chi connectivity index (χ0n) is 9.77. The van der Waals surface area contributed by atoms with Crippen molar-refractivity contribution in [3.63, 3.8) is 0 Å². The van der Waals surface area contributed by atoms with E-state index in [2.05, 4.69) is 0 Å². The van der Waals surface area contributed by atoms with Gasteiger partial charge in [0.05, 0.1) is 5.75 Å². The predicted molar refractivity (Wildman–Crippen MR) is 68.4 cm³/mol. The third-order valence-corrected chi connectivity index (χ3v) is 3.79. The van der Waals surface area contributed by atoms with Crippen molar-refractivity contribution in [1.82, 2.24) is 0 Å². The molecule has 1 aromatic rings. The second-order valence-electron chi connectivity index (χ2n) is 4.47. The average Bonchev–Trinajstić information content (AvgIpc) is 2.12. The lowest BCUT2D eigenvalue weighted by Crippen LogP contribution is -2.16. The lowest BCUT2D eigenvalue weighted by Gasteiger charge is -2.20. The van der Waals surface area contributed by atoms with E-state index in [0.29, 0.717) is 0 Å². The van der Waals surface area contributed by atoms with Gasteiger partial charge in [-0.15, -0.1) is 0 Å². The molecule has 0 spiro atoms. The summed E-state index contributed by atoms with van der Waals surface area (Å²) in [7, 11) is 1.88. The van der Waals surface area contributed by atoms with Crippen molar-refractivity contribution in [2.45, 2.75) is 26.7 Å². The van der Waals surface area contributed by atoms with Gasteiger partial charge < -0.3 is 0 Å². The van der Waals surface area contributed by atoms with Crippen LogP contribution in [-0.4, -0.2) is 14.2 Å². The van der Waals surface area contributed by atoms with Gasteiger partial charge in [0.15, 0.2) is 0 Å². The van der Waals surface area contributed by atoms with Gasteiger partial charge in [-0.3, -0.25) is 0 Å². The van der Waals surface area contributed by atoms with Crippen molar-refractivity contribution < 1.29 is 8.42 Å². The summed E-state index contributed by atoms with van der Waals surface area (Å²) in [6, 6.07) is 7.92. The number of benzene rings is 1. The quantitative estimate of drug-likeness (QED) is 0.779. The molecule has 0 aliphatic heterocycles. The predicted octanol–water partition coefficient (Wildman–Crippen LogP) is 3.30. The molecule has 0 aliphatic carbocycles. The van der Waals surface area contributed by atoms with Gasteiger partial charge in [-0.25, -0.2) is 8.42 Å². The first-order valence-corrected chi connectivity index (χ1v) is 7.76. The number of halogens is 1. The molecule has 1 atom stereocenters. The fraction of sp³-hybridized carbons (Fsp3) is 0.500. The van der Waals surface area contributed by atoms with Crippen LogP contribution >= 0.6 is 10.7 Å². The molecule has 0 amide bonds. The summed E-state index contributed by atoms with van der Waals surface area (Å²) in [4.78, 5) is 0. The molecule has 0 fully saturated rings. The van der Waals surface area contributed by atoms with Crippen LogP contribution in [-0.2, 0) is 9.05 Å². The summed E-state index contributed by atoms with van der Waals surface area (Å²) < 4.78 is 22.3. The Bertz CT molecular complexity index is 452. The van der Waals surface area contributed by atoms with Gasteiger partial charge in [-0.2, -0.15) is 0 Å². The van der Waals surface area contributed by atoms with Crippen LogP contribution < -0.4 is 0 Å². The summed E-state index contributed by atoms with van der Waals surface area (Å²) in [5, 5.41) is 0. The Balaban J connectivity index is 3.03. The molecule has 0 saturated carbocycles. The Kier molecular flexibility index (Phi) is 4.39. The van der Waals surface area contributed by atoms with Gasteiger partial charge in [-0.1, -0.05) is 43.7 Å². The van der Waals surface area contributed by atoms with Crippen LogP contribution in [0.4, 0.5) is 0 Å². The SMILES string of the molecule is Cc1cccc(C(CS(=O)(=O)Cl)C(C)C)c1. The van der Waals surface area contributed by atoms with E-state index in [1.807, 2.05) is 45.0 Å². The van der Waals surface area contributed by atoms with E-state index in [1.165, 1.54) is 0 Å². The molecule has 2 nitrogen and oxygen atoms in total. The number of hydrogen-bond donors (Lipinski definition) is 0. The maximum atomic E-state index is 11.2. The van der Waals surface area contributed by atoms with Crippen molar-refractivity contribution in [1.29, 1.82) is 0 Å². The minimum Gasteiger partial charge on any atom is -0.212 e. The Labute approximate surface area is 102 Å². The third kappa shape index (κ3) is 4.14. The van der Waals surface area contributed by atoms with E-state index >= 15 is 0 Å². The molecule has 1 rings (SSSR count). The number of aryl methyl sites for hydroxylation is 1. The zero-order chi connectivity index (χ0) is 12.3. The summed E-state index contributed by atoms with van der Waals surface area (Å²) >= 11 is 0. The molecule has 1 unspecified atom stereocenters. The normalized spacial score (nSPS) is 14.1. The Hall–Kier alpha value is -0.540. The summed E-state index contributed by atoms with van der Waals surface area (Å²) in [6.07, 6.45) is 0. The maximum absolute atomic E-state index is 11.2. The largest absolute Gasteiger partial charge is 0.233 e.